The van der Waals surface area contributed by atoms with E-state index in [1.807, 2.05) is 19.2 Å². The molecule has 0 saturated heterocycles. The Balaban J connectivity index is 1.75. The van der Waals surface area contributed by atoms with E-state index in [4.69, 9.17) is 4.98 Å². The van der Waals surface area contributed by atoms with E-state index >= 15 is 0 Å². The van der Waals surface area contributed by atoms with Crippen molar-refractivity contribution in [3.05, 3.63) is 35.8 Å². The number of fused-ring (bicyclic) bond motifs is 2. The van der Waals surface area contributed by atoms with Gasteiger partial charge in [0.05, 0.1) is 11.1 Å². The van der Waals surface area contributed by atoms with Gasteiger partial charge in [0.25, 0.3) is 0 Å². The molecule has 0 spiro atoms. The number of hydrogen-bond donors (Lipinski definition) is 0. The number of aryl methyl sites for hydroxylation is 1. The van der Waals surface area contributed by atoms with Crippen LogP contribution in [0.4, 0.5) is 13.2 Å². The lowest BCUT2D eigenvalue weighted by atomic mass is 10.2. The van der Waals surface area contributed by atoms with Crippen LogP contribution in [0.5, 0.6) is 0 Å². The predicted octanol–water partition coefficient (Wildman–Crippen LogP) is 4.69. The third-order valence-corrected chi connectivity index (χ3v) is 5.86. The second-order valence-electron chi connectivity index (χ2n) is 7.07. The quantitative estimate of drug-likeness (QED) is 0.450. The molecule has 0 radical (unpaired) electrons. The minimum Gasteiger partial charge on any atom is -0.312 e. The van der Waals surface area contributed by atoms with Gasteiger partial charge in [0.15, 0.2) is 11.3 Å². The number of nitrogens with zero attached hydrogens (tertiary/aromatic N) is 6. The van der Waals surface area contributed by atoms with Crippen molar-refractivity contribution in [3.8, 4) is 11.4 Å². The summed E-state index contributed by atoms with van der Waals surface area (Å²) < 4.78 is 42.7. The molecule has 0 aromatic carbocycles. The molecule has 1 saturated carbocycles. The minimum atomic E-state index is -4.47. The van der Waals surface area contributed by atoms with Crippen LogP contribution in [0.25, 0.3) is 28.2 Å². The van der Waals surface area contributed by atoms with Crippen molar-refractivity contribution >= 4 is 28.6 Å². The predicted molar refractivity (Wildman–Crippen MR) is 104 cm³/mol. The van der Waals surface area contributed by atoms with Crippen LogP contribution in [-0.4, -0.2) is 34.9 Å². The third kappa shape index (κ3) is 3.06. The summed E-state index contributed by atoms with van der Waals surface area (Å²) in [5.74, 6) is 1.78. The molecule has 0 aliphatic heterocycles. The summed E-state index contributed by atoms with van der Waals surface area (Å²) in [4.78, 5) is 13.3. The maximum Gasteiger partial charge on any atom is 0.417 e. The Morgan fingerprint density at radius 1 is 1.21 bits per heavy atom. The van der Waals surface area contributed by atoms with Crippen molar-refractivity contribution in [2.45, 2.75) is 36.9 Å². The zero-order chi connectivity index (χ0) is 20.3. The number of thioether (sulfide) groups is 1. The lowest BCUT2D eigenvalue weighted by Crippen LogP contribution is -2.05. The van der Waals surface area contributed by atoms with Gasteiger partial charge in [0.1, 0.15) is 16.4 Å². The molecule has 0 bridgehead atoms. The fourth-order valence-corrected chi connectivity index (χ4v) is 4.16. The maximum atomic E-state index is 13.1. The third-order valence-electron chi connectivity index (χ3n) is 5.01. The number of pyridine rings is 1. The molecule has 10 heteroatoms. The first-order chi connectivity index (χ1) is 13.9. The van der Waals surface area contributed by atoms with E-state index < -0.39 is 11.7 Å². The fourth-order valence-electron chi connectivity index (χ4n) is 3.42. The molecule has 6 nitrogen and oxygen atoms in total. The summed E-state index contributed by atoms with van der Waals surface area (Å²) in [6.45, 7) is 2.02. The monoisotopic (exact) mass is 418 g/mol. The first-order valence-corrected chi connectivity index (χ1v) is 10.3. The van der Waals surface area contributed by atoms with Crippen molar-refractivity contribution in [3.63, 3.8) is 0 Å². The average Bonchev–Trinajstić information content (AvgIpc) is 3.40. The molecule has 0 N–H and O–H groups in total. The zero-order valence-corrected chi connectivity index (χ0v) is 16.5. The Morgan fingerprint density at radius 3 is 2.69 bits per heavy atom. The van der Waals surface area contributed by atoms with E-state index in [0.717, 1.165) is 47.1 Å². The standard InChI is InChI=1S/C19H17F3N6S/c1-3-29-18-14(17-24-12(10-4-5-10)6-7-28(17)26-18)16-25-13-8-11(19(20,21)22)9-23-15(13)27(16)2/h6-10H,3-5H2,1-2H3. The van der Waals surface area contributed by atoms with Gasteiger partial charge in [-0.2, -0.15) is 18.3 Å². The highest BCUT2D eigenvalue weighted by molar-refractivity contribution is 7.99. The highest BCUT2D eigenvalue weighted by Gasteiger charge is 2.32. The van der Waals surface area contributed by atoms with Gasteiger partial charge in [-0.3, -0.25) is 0 Å². The van der Waals surface area contributed by atoms with E-state index in [1.165, 1.54) is 0 Å². The van der Waals surface area contributed by atoms with Gasteiger partial charge in [0, 0.05) is 31.1 Å². The molecule has 4 aromatic heterocycles. The molecule has 1 aliphatic carbocycles. The van der Waals surface area contributed by atoms with Crippen molar-refractivity contribution in [2.75, 3.05) is 5.75 Å². The Kier molecular flexibility index (Phi) is 4.09. The highest BCUT2D eigenvalue weighted by Crippen LogP contribution is 2.41. The molecule has 0 unspecified atom stereocenters. The molecule has 4 aromatic rings. The molecular weight excluding hydrogens is 401 g/mol. The average molecular weight is 418 g/mol. The topological polar surface area (TPSA) is 60.9 Å². The lowest BCUT2D eigenvalue weighted by Gasteiger charge is -2.05. The van der Waals surface area contributed by atoms with Crippen LogP contribution in [0.2, 0.25) is 0 Å². The largest absolute Gasteiger partial charge is 0.417 e. The Labute approximate surface area is 168 Å². The van der Waals surface area contributed by atoms with Gasteiger partial charge in [-0.05, 0) is 30.7 Å². The van der Waals surface area contributed by atoms with Gasteiger partial charge in [-0.25, -0.2) is 19.5 Å². The number of alkyl halides is 3. The lowest BCUT2D eigenvalue weighted by molar-refractivity contribution is -0.137. The summed E-state index contributed by atoms with van der Waals surface area (Å²) in [7, 11) is 1.75. The second-order valence-corrected chi connectivity index (χ2v) is 8.32. The van der Waals surface area contributed by atoms with Gasteiger partial charge in [-0.15, -0.1) is 11.8 Å². The van der Waals surface area contributed by atoms with Crippen LogP contribution in [-0.2, 0) is 13.2 Å². The molecule has 1 aliphatic rings. The van der Waals surface area contributed by atoms with Crippen molar-refractivity contribution < 1.29 is 13.2 Å². The maximum absolute atomic E-state index is 13.1. The number of halogens is 3. The number of imidazole rings is 1. The summed E-state index contributed by atoms with van der Waals surface area (Å²) in [6, 6.07) is 3.02. The SMILES string of the molecule is CCSc1nn2ccc(C3CC3)nc2c1-c1nc2cc(C(F)(F)F)cnc2n1C. The Bertz CT molecular complexity index is 1240. The highest BCUT2D eigenvalue weighted by atomic mass is 32.2. The Hall–Kier alpha value is -2.62. The Morgan fingerprint density at radius 2 is 2.00 bits per heavy atom. The van der Waals surface area contributed by atoms with Gasteiger partial charge >= 0.3 is 6.18 Å². The van der Waals surface area contributed by atoms with Crippen molar-refractivity contribution in [1.82, 2.24) is 29.1 Å². The van der Waals surface area contributed by atoms with E-state index in [-0.39, 0.29) is 5.52 Å². The first kappa shape index (κ1) is 18.4. The van der Waals surface area contributed by atoms with Crippen LogP contribution in [0.15, 0.2) is 29.6 Å². The molecular formula is C19H17F3N6S. The summed E-state index contributed by atoms with van der Waals surface area (Å²) in [5, 5.41) is 5.38. The molecule has 5 rings (SSSR count). The fraction of sp³-hybridized carbons (Fsp3) is 0.368. The number of hydrogen-bond acceptors (Lipinski definition) is 5. The number of aromatic nitrogens is 6. The normalized spacial score (nSPS) is 14.9. The van der Waals surface area contributed by atoms with Crippen molar-refractivity contribution in [2.24, 2.45) is 7.05 Å². The number of rotatable bonds is 4. The summed E-state index contributed by atoms with van der Waals surface area (Å²) in [5.41, 5.74) is 2.18. The molecule has 1 fully saturated rings. The van der Waals surface area contributed by atoms with Crippen LogP contribution >= 0.6 is 11.8 Å². The van der Waals surface area contributed by atoms with Crippen LogP contribution in [0, 0.1) is 0 Å². The van der Waals surface area contributed by atoms with Gasteiger partial charge in [-0.1, -0.05) is 6.92 Å². The van der Waals surface area contributed by atoms with E-state index in [0.29, 0.717) is 23.0 Å². The van der Waals surface area contributed by atoms with Crippen molar-refractivity contribution in [1.29, 1.82) is 0 Å². The molecule has 4 heterocycles. The van der Waals surface area contributed by atoms with E-state index in [2.05, 4.69) is 15.1 Å². The van der Waals surface area contributed by atoms with E-state index in [1.54, 1.807) is 27.9 Å². The molecule has 0 amide bonds. The summed E-state index contributed by atoms with van der Waals surface area (Å²) in [6.07, 6.45) is 0.517. The van der Waals surface area contributed by atoms with Crippen LogP contribution in [0.3, 0.4) is 0 Å². The smallest absolute Gasteiger partial charge is 0.312 e. The van der Waals surface area contributed by atoms with Gasteiger partial charge < -0.3 is 4.57 Å². The minimum absolute atomic E-state index is 0.197. The second kappa shape index (κ2) is 6.45. The molecule has 29 heavy (non-hydrogen) atoms. The van der Waals surface area contributed by atoms with Crippen LogP contribution < -0.4 is 0 Å². The molecule has 150 valence electrons. The molecule has 0 atom stereocenters. The van der Waals surface area contributed by atoms with E-state index in [9.17, 15) is 13.2 Å². The summed E-state index contributed by atoms with van der Waals surface area (Å²) >= 11 is 1.55. The zero-order valence-electron chi connectivity index (χ0n) is 15.7. The van der Waals surface area contributed by atoms with Crippen LogP contribution in [0.1, 0.15) is 36.9 Å². The van der Waals surface area contributed by atoms with Gasteiger partial charge in [0.2, 0.25) is 0 Å². The first-order valence-electron chi connectivity index (χ1n) is 9.29.